The topological polar surface area (TPSA) is 38.3 Å². The quantitative estimate of drug-likeness (QED) is 0.332. The molecular weight excluding hydrogens is 425 g/mol. The highest BCUT2D eigenvalue weighted by Crippen LogP contribution is 2.44. The summed E-state index contributed by atoms with van der Waals surface area (Å²) < 4.78 is 20.5. The summed E-state index contributed by atoms with van der Waals surface area (Å²) in [5.74, 6) is -0.521. The molecule has 0 amide bonds. The second-order valence-electron chi connectivity index (χ2n) is 8.77. The molecule has 0 bridgehead atoms. The maximum atomic E-state index is 14.9. The molecule has 0 radical (unpaired) electrons. The van der Waals surface area contributed by atoms with Crippen molar-refractivity contribution in [3.63, 3.8) is 0 Å². The molecule has 0 unspecified atom stereocenters. The molecule has 5 rings (SSSR count). The van der Waals surface area contributed by atoms with E-state index in [1.807, 2.05) is 80.6 Å². The van der Waals surface area contributed by atoms with Crippen molar-refractivity contribution >= 4 is 11.7 Å². The summed E-state index contributed by atoms with van der Waals surface area (Å²) in [6.45, 7) is 4.82. The van der Waals surface area contributed by atoms with Crippen LogP contribution in [0.4, 0.5) is 10.1 Å². The highest BCUT2D eigenvalue weighted by Gasteiger charge is 2.25. The molecule has 1 aliphatic heterocycles. The van der Waals surface area contributed by atoms with Crippen LogP contribution in [-0.4, -0.2) is 5.97 Å². The smallest absolute Gasteiger partial charge is 0.310 e. The number of aryl methyl sites for hydroxylation is 1. The van der Waals surface area contributed by atoms with E-state index >= 15 is 0 Å². The number of esters is 1. The van der Waals surface area contributed by atoms with Gasteiger partial charge in [-0.15, -0.1) is 0 Å². The number of hydrogen-bond acceptors (Lipinski definition) is 3. The molecule has 0 fully saturated rings. The van der Waals surface area contributed by atoms with Gasteiger partial charge in [0.15, 0.2) is 0 Å². The van der Waals surface area contributed by atoms with Crippen LogP contribution in [0, 0.1) is 19.7 Å². The molecule has 0 spiro atoms. The molecule has 0 aromatic heterocycles. The molecule has 170 valence electrons. The Morgan fingerprint density at radius 1 is 0.941 bits per heavy atom. The lowest BCUT2D eigenvalue weighted by molar-refractivity contribution is -0.144. The zero-order valence-corrected chi connectivity index (χ0v) is 19.3. The van der Waals surface area contributed by atoms with Crippen LogP contribution in [0.1, 0.15) is 27.8 Å². The Morgan fingerprint density at radius 2 is 1.71 bits per heavy atom. The summed E-state index contributed by atoms with van der Waals surface area (Å²) in [6, 6.07) is 25.1. The second-order valence-corrected chi connectivity index (χ2v) is 8.77. The van der Waals surface area contributed by atoms with Crippen molar-refractivity contribution in [2.24, 2.45) is 0 Å². The first-order valence-electron chi connectivity index (χ1n) is 11.5. The molecule has 3 nitrogen and oxygen atoms in total. The van der Waals surface area contributed by atoms with Gasteiger partial charge in [0.25, 0.3) is 0 Å². The lowest BCUT2D eigenvalue weighted by Gasteiger charge is -2.27. The lowest BCUT2D eigenvalue weighted by atomic mass is 9.84. The van der Waals surface area contributed by atoms with Crippen molar-refractivity contribution < 1.29 is 13.9 Å². The predicted octanol–water partition coefficient (Wildman–Crippen LogP) is 6.99. The molecule has 1 aliphatic rings. The summed E-state index contributed by atoms with van der Waals surface area (Å²) >= 11 is 0. The number of rotatable bonds is 5. The molecular formula is C30H26FNO2. The number of halogens is 1. The predicted molar refractivity (Wildman–Crippen MR) is 134 cm³/mol. The first-order chi connectivity index (χ1) is 16.5. The summed E-state index contributed by atoms with van der Waals surface area (Å²) in [4.78, 5) is 12.9. The SMILES string of the molecule is Cc1ccc(-c2cc3c(c(C)c2CC(=O)OCc2ccccc2)NCc2cccc(F)c2-3)cc1. The van der Waals surface area contributed by atoms with Crippen molar-refractivity contribution in [2.75, 3.05) is 5.32 Å². The summed E-state index contributed by atoms with van der Waals surface area (Å²) in [5, 5.41) is 3.45. The number of nitrogens with one attached hydrogen (secondary N) is 1. The molecule has 1 N–H and O–H groups in total. The van der Waals surface area contributed by atoms with Crippen LogP contribution in [0.5, 0.6) is 0 Å². The zero-order chi connectivity index (χ0) is 23.7. The van der Waals surface area contributed by atoms with Crippen LogP contribution in [0.2, 0.25) is 0 Å². The normalized spacial score (nSPS) is 11.9. The van der Waals surface area contributed by atoms with Crippen LogP contribution < -0.4 is 5.32 Å². The first-order valence-corrected chi connectivity index (χ1v) is 11.5. The van der Waals surface area contributed by atoms with E-state index in [1.165, 1.54) is 6.07 Å². The first kappa shape index (κ1) is 21.9. The summed E-state index contributed by atoms with van der Waals surface area (Å²) in [6.07, 6.45) is 0.140. The Morgan fingerprint density at radius 3 is 2.47 bits per heavy atom. The third kappa shape index (κ3) is 4.19. The molecule has 0 saturated heterocycles. The van der Waals surface area contributed by atoms with Crippen molar-refractivity contribution in [1.29, 1.82) is 0 Å². The van der Waals surface area contributed by atoms with E-state index in [0.29, 0.717) is 12.1 Å². The average molecular weight is 452 g/mol. The van der Waals surface area contributed by atoms with Gasteiger partial charge >= 0.3 is 5.97 Å². The highest BCUT2D eigenvalue weighted by molar-refractivity contribution is 5.92. The monoisotopic (exact) mass is 451 g/mol. The van der Waals surface area contributed by atoms with Crippen molar-refractivity contribution in [2.45, 2.75) is 33.4 Å². The Labute approximate surface area is 199 Å². The molecule has 0 atom stereocenters. The fourth-order valence-corrected chi connectivity index (χ4v) is 4.64. The van der Waals surface area contributed by atoms with Gasteiger partial charge in [-0.25, -0.2) is 4.39 Å². The van der Waals surface area contributed by atoms with E-state index in [2.05, 4.69) is 5.32 Å². The highest BCUT2D eigenvalue weighted by atomic mass is 19.1. The molecule has 34 heavy (non-hydrogen) atoms. The number of ether oxygens (including phenoxy) is 1. The molecule has 1 heterocycles. The number of anilines is 1. The van der Waals surface area contributed by atoms with Gasteiger partial charge in [-0.1, -0.05) is 72.3 Å². The van der Waals surface area contributed by atoms with E-state index in [0.717, 1.165) is 50.2 Å². The van der Waals surface area contributed by atoms with Crippen molar-refractivity contribution in [3.05, 3.63) is 112 Å². The standard InChI is InChI=1S/C30H26FNO2/c1-19-11-13-22(14-12-19)25-15-26-29-23(9-6-10-27(29)31)17-32-30(26)20(2)24(25)16-28(33)34-18-21-7-4-3-5-8-21/h3-15,32H,16-18H2,1-2H3. The Kier molecular flexibility index (Phi) is 5.89. The van der Waals surface area contributed by atoms with Crippen LogP contribution >= 0.6 is 0 Å². The van der Waals surface area contributed by atoms with E-state index in [1.54, 1.807) is 6.07 Å². The molecule has 4 aromatic rings. The van der Waals surface area contributed by atoms with Gasteiger partial charge in [0.1, 0.15) is 12.4 Å². The minimum absolute atomic E-state index is 0.140. The van der Waals surface area contributed by atoms with Crippen molar-refractivity contribution in [3.8, 4) is 22.3 Å². The number of hydrogen-bond donors (Lipinski definition) is 1. The van der Waals surface area contributed by atoms with Gasteiger partial charge in [0.2, 0.25) is 0 Å². The average Bonchev–Trinajstić information content (AvgIpc) is 2.85. The van der Waals surface area contributed by atoms with E-state index in [4.69, 9.17) is 4.74 Å². The van der Waals surface area contributed by atoms with Crippen LogP contribution in [0.3, 0.4) is 0 Å². The number of carbonyl (C=O) groups excluding carboxylic acids is 1. The number of benzene rings is 4. The van der Waals surface area contributed by atoms with Crippen LogP contribution in [-0.2, 0) is 29.1 Å². The molecule has 0 aliphatic carbocycles. The van der Waals surface area contributed by atoms with Crippen LogP contribution in [0.25, 0.3) is 22.3 Å². The minimum Gasteiger partial charge on any atom is -0.461 e. The zero-order valence-electron chi connectivity index (χ0n) is 19.3. The number of carbonyl (C=O) groups is 1. The van der Waals surface area contributed by atoms with Crippen molar-refractivity contribution in [1.82, 2.24) is 0 Å². The Bertz CT molecular complexity index is 1360. The van der Waals surface area contributed by atoms with E-state index in [-0.39, 0.29) is 24.8 Å². The fourth-order valence-electron chi connectivity index (χ4n) is 4.64. The third-order valence-corrected chi connectivity index (χ3v) is 6.46. The molecule has 4 heteroatoms. The summed E-state index contributed by atoms with van der Waals surface area (Å²) in [7, 11) is 0. The molecule has 0 saturated carbocycles. The maximum absolute atomic E-state index is 14.9. The third-order valence-electron chi connectivity index (χ3n) is 6.46. The fraction of sp³-hybridized carbons (Fsp3) is 0.167. The van der Waals surface area contributed by atoms with Gasteiger partial charge in [0.05, 0.1) is 6.42 Å². The van der Waals surface area contributed by atoms with Gasteiger partial charge in [-0.2, -0.15) is 0 Å². The summed E-state index contributed by atoms with van der Waals surface area (Å²) in [5.41, 5.74) is 9.12. The van der Waals surface area contributed by atoms with Gasteiger partial charge < -0.3 is 10.1 Å². The lowest BCUT2D eigenvalue weighted by Crippen LogP contribution is -2.15. The van der Waals surface area contributed by atoms with Gasteiger partial charge in [-0.3, -0.25) is 4.79 Å². The Balaban J connectivity index is 1.57. The van der Waals surface area contributed by atoms with E-state index in [9.17, 15) is 9.18 Å². The number of fused-ring (bicyclic) bond motifs is 3. The minimum atomic E-state index is -0.289. The van der Waals surface area contributed by atoms with Gasteiger partial charge in [0, 0.05) is 23.4 Å². The van der Waals surface area contributed by atoms with Gasteiger partial charge in [-0.05, 0) is 59.4 Å². The molecule has 4 aromatic carbocycles. The van der Waals surface area contributed by atoms with Crippen LogP contribution in [0.15, 0.2) is 78.9 Å². The second kappa shape index (κ2) is 9.14. The van der Waals surface area contributed by atoms with E-state index < -0.39 is 0 Å². The maximum Gasteiger partial charge on any atom is 0.310 e. The Hall–Kier alpha value is -3.92. The largest absolute Gasteiger partial charge is 0.461 e.